The van der Waals surface area contributed by atoms with Crippen LogP contribution in [0.5, 0.6) is 5.75 Å². The fourth-order valence-corrected chi connectivity index (χ4v) is 4.59. The van der Waals surface area contributed by atoms with Crippen LogP contribution >= 0.6 is 23.2 Å². The van der Waals surface area contributed by atoms with Crippen molar-refractivity contribution in [2.75, 3.05) is 13.2 Å². The van der Waals surface area contributed by atoms with Crippen LogP contribution in [0.2, 0.25) is 10.0 Å². The zero-order valence-corrected chi connectivity index (χ0v) is 23.3. The number of aryl methyl sites for hydroxylation is 2. The van der Waals surface area contributed by atoms with E-state index < -0.39 is 6.04 Å². The summed E-state index contributed by atoms with van der Waals surface area (Å²) in [7, 11) is 0. The van der Waals surface area contributed by atoms with Gasteiger partial charge in [0.05, 0.1) is 0 Å². The number of rotatable bonds is 11. The number of carbonyl (C=O) groups is 2. The van der Waals surface area contributed by atoms with E-state index in [1.807, 2.05) is 64.1 Å². The summed E-state index contributed by atoms with van der Waals surface area (Å²) in [6.45, 7) is 8.41. The van der Waals surface area contributed by atoms with Crippen LogP contribution in [-0.4, -0.2) is 35.9 Å². The van der Waals surface area contributed by atoms with E-state index >= 15 is 0 Å². The normalized spacial score (nSPS) is 11.6. The summed E-state index contributed by atoms with van der Waals surface area (Å²) >= 11 is 12.6. The molecule has 0 aliphatic heterocycles. The van der Waals surface area contributed by atoms with Crippen molar-refractivity contribution in [3.05, 3.63) is 98.5 Å². The Hall–Kier alpha value is -3.02. The standard InChI is InChI=1S/C30H34Cl2N2O3/c1-5-13-33-30(36)27(16-23-9-7-6-8-10-23)34(18-24-11-12-25(31)17-26(24)32)29(35)19-37-28-15-20(2)14-21(3)22(28)4/h6-12,14-15,17,27H,5,13,16,18-19H2,1-4H3,(H,33,36). The summed E-state index contributed by atoms with van der Waals surface area (Å²) in [4.78, 5) is 28.7. The zero-order chi connectivity index (χ0) is 26.9. The number of carbonyl (C=O) groups excluding carboxylic acids is 2. The van der Waals surface area contributed by atoms with Crippen molar-refractivity contribution in [2.24, 2.45) is 0 Å². The first-order valence-corrected chi connectivity index (χ1v) is 13.2. The first-order chi connectivity index (χ1) is 17.7. The summed E-state index contributed by atoms with van der Waals surface area (Å²) in [6, 6.07) is 18.1. The van der Waals surface area contributed by atoms with Crippen LogP contribution in [0.4, 0.5) is 0 Å². The summed E-state index contributed by atoms with van der Waals surface area (Å²) < 4.78 is 6.01. The van der Waals surface area contributed by atoms with Crippen molar-refractivity contribution in [3.8, 4) is 5.75 Å². The molecule has 0 saturated heterocycles. The third-order valence-electron chi connectivity index (χ3n) is 6.29. The van der Waals surface area contributed by atoms with Crippen LogP contribution in [-0.2, 0) is 22.6 Å². The Labute approximate surface area is 229 Å². The molecule has 0 saturated carbocycles. The second-order valence-corrected chi connectivity index (χ2v) is 10.1. The van der Waals surface area contributed by atoms with Gasteiger partial charge in [-0.1, -0.05) is 72.6 Å². The third kappa shape index (κ3) is 7.98. The van der Waals surface area contributed by atoms with Crippen LogP contribution in [0.15, 0.2) is 60.7 Å². The van der Waals surface area contributed by atoms with E-state index in [-0.39, 0.29) is 25.0 Å². The maximum absolute atomic E-state index is 13.7. The van der Waals surface area contributed by atoms with Crippen molar-refractivity contribution in [1.82, 2.24) is 10.2 Å². The van der Waals surface area contributed by atoms with E-state index in [1.165, 1.54) is 0 Å². The molecule has 5 nitrogen and oxygen atoms in total. The molecule has 0 aliphatic rings. The van der Waals surface area contributed by atoms with Crippen molar-refractivity contribution in [3.63, 3.8) is 0 Å². The van der Waals surface area contributed by atoms with Gasteiger partial charge in [0.25, 0.3) is 5.91 Å². The van der Waals surface area contributed by atoms with E-state index in [4.69, 9.17) is 27.9 Å². The van der Waals surface area contributed by atoms with E-state index in [0.717, 1.165) is 28.7 Å². The van der Waals surface area contributed by atoms with Gasteiger partial charge in [-0.3, -0.25) is 9.59 Å². The van der Waals surface area contributed by atoms with Gasteiger partial charge in [-0.25, -0.2) is 0 Å². The Balaban J connectivity index is 1.95. The molecule has 1 atom stereocenters. The highest BCUT2D eigenvalue weighted by Crippen LogP contribution is 2.26. The molecule has 0 aliphatic carbocycles. The lowest BCUT2D eigenvalue weighted by Crippen LogP contribution is -2.51. The van der Waals surface area contributed by atoms with Gasteiger partial charge in [-0.2, -0.15) is 0 Å². The van der Waals surface area contributed by atoms with Crippen LogP contribution in [0, 0.1) is 20.8 Å². The minimum absolute atomic E-state index is 0.140. The van der Waals surface area contributed by atoms with Crippen molar-refractivity contribution >= 4 is 35.0 Å². The Kier molecular flexibility index (Phi) is 10.4. The van der Waals surface area contributed by atoms with Gasteiger partial charge in [0, 0.05) is 29.6 Å². The predicted molar refractivity (Wildman–Crippen MR) is 150 cm³/mol. The molecule has 0 spiro atoms. The average Bonchev–Trinajstić information content (AvgIpc) is 2.87. The van der Waals surface area contributed by atoms with Gasteiger partial charge < -0.3 is 15.0 Å². The Morgan fingerprint density at radius 2 is 1.73 bits per heavy atom. The molecule has 3 rings (SSSR count). The lowest BCUT2D eigenvalue weighted by atomic mass is 10.0. The number of benzene rings is 3. The van der Waals surface area contributed by atoms with Crippen LogP contribution in [0.3, 0.4) is 0 Å². The van der Waals surface area contributed by atoms with E-state index in [1.54, 1.807) is 23.1 Å². The largest absolute Gasteiger partial charge is 0.483 e. The molecule has 3 aromatic carbocycles. The molecule has 0 heterocycles. The molecule has 37 heavy (non-hydrogen) atoms. The molecule has 2 amide bonds. The van der Waals surface area contributed by atoms with Crippen molar-refractivity contribution in [1.29, 1.82) is 0 Å². The first-order valence-electron chi connectivity index (χ1n) is 12.4. The highest BCUT2D eigenvalue weighted by Gasteiger charge is 2.31. The topological polar surface area (TPSA) is 58.6 Å². The zero-order valence-electron chi connectivity index (χ0n) is 21.8. The number of ether oxygens (including phenoxy) is 1. The van der Waals surface area contributed by atoms with Crippen LogP contribution in [0.25, 0.3) is 0 Å². The number of hydrogen-bond acceptors (Lipinski definition) is 3. The predicted octanol–water partition coefficient (Wildman–Crippen LogP) is 6.46. The number of nitrogens with one attached hydrogen (secondary N) is 1. The summed E-state index contributed by atoms with van der Waals surface area (Å²) in [5.74, 6) is 0.134. The van der Waals surface area contributed by atoms with E-state index in [9.17, 15) is 9.59 Å². The molecule has 7 heteroatoms. The van der Waals surface area contributed by atoms with Gasteiger partial charge in [0.2, 0.25) is 5.91 Å². The lowest BCUT2D eigenvalue weighted by Gasteiger charge is -2.32. The van der Waals surface area contributed by atoms with Gasteiger partial charge >= 0.3 is 0 Å². The molecule has 0 bridgehead atoms. The molecule has 0 aromatic heterocycles. The molecule has 3 aromatic rings. The number of hydrogen-bond donors (Lipinski definition) is 1. The minimum Gasteiger partial charge on any atom is -0.483 e. The molecule has 0 radical (unpaired) electrons. The fourth-order valence-electron chi connectivity index (χ4n) is 4.13. The average molecular weight is 542 g/mol. The van der Waals surface area contributed by atoms with Gasteiger partial charge in [-0.15, -0.1) is 0 Å². The quantitative estimate of drug-likeness (QED) is 0.303. The first kappa shape index (κ1) is 28.5. The van der Waals surface area contributed by atoms with Gasteiger partial charge in [0.1, 0.15) is 11.8 Å². The SMILES string of the molecule is CCCNC(=O)C(Cc1ccccc1)N(Cc1ccc(Cl)cc1Cl)C(=O)COc1cc(C)cc(C)c1C. The maximum Gasteiger partial charge on any atom is 0.261 e. The highest BCUT2D eigenvalue weighted by atomic mass is 35.5. The Morgan fingerprint density at radius 3 is 2.41 bits per heavy atom. The molecule has 1 unspecified atom stereocenters. The van der Waals surface area contributed by atoms with Crippen LogP contribution in [0.1, 0.15) is 41.2 Å². The number of halogens is 2. The van der Waals surface area contributed by atoms with Gasteiger partial charge in [-0.05, 0) is 73.2 Å². The molecule has 0 fully saturated rings. The highest BCUT2D eigenvalue weighted by molar-refractivity contribution is 6.35. The third-order valence-corrected chi connectivity index (χ3v) is 6.88. The Bertz CT molecular complexity index is 1230. The molecular formula is C30H34Cl2N2O3. The summed E-state index contributed by atoms with van der Waals surface area (Å²) in [6.07, 6.45) is 1.14. The molecule has 1 N–H and O–H groups in total. The summed E-state index contributed by atoms with van der Waals surface area (Å²) in [5, 5.41) is 3.90. The Morgan fingerprint density at radius 1 is 1.00 bits per heavy atom. The molecular weight excluding hydrogens is 507 g/mol. The summed E-state index contributed by atoms with van der Waals surface area (Å²) in [5.41, 5.74) is 4.77. The number of nitrogens with zero attached hydrogens (tertiary/aromatic N) is 1. The van der Waals surface area contributed by atoms with E-state index in [0.29, 0.717) is 34.3 Å². The minimum atomic E-state index is -0.753. The molecule has 196 valence electrons. The number of amides is 2. The fraction of sp³-hybridized carbons (Fsp3) is 0.333. The van der Waals surface area contributed by atoms with Crippen LogP contribution < -0.4 is 10.1 Å². The monoisotopic (exact) mass is 540 g/mol. The van der Waals surface area contributed by atoms with Gasteiger partial charge in [0.15, 0.2) is 6.61 Å². The van der Waals surface area contributed by atoms with E-state index in [2.05, 4.69) is 11.4 Å². The second-order valence-electron chi connectivity index (χ2n) is 9.25. The maximum atomic E-state index is 13.7. The lowest BCUT2D eigenvalue weighted by molar-refractivity contribution is -0.142. The van der Waals surface area contributed by atoms with Crippen molar-refractivity contribution < 1.29 is 14.3 Å². The smallest absolute Gasteiger partial charge is 0.261 e. The second kappa shape index (κ2) is 13.5. The van der Waals surface area contributed by atoms with Crippen molar-refractivity contribution in [2.45, 2.75) is 53.1 Å².